The van der Waals surface area contributed by atoms with Crippen LogP contribution in [0.2, 0.25) is 0 Å². The number of rotatable bonds is 1. The van der Waals surface area contributed by atoms with Gasteiger partial charge in [0.2, 0.25) is 0 Å². The molecule has 0 fully saturated rings. The Morgan fingerprint density at radius 1 is 1.06 bits per heavy atom. The summed E-state index contributed by atoms with van der Waals surface area (Å²) in [6.45, 7) is 7.54. The number of hydrogen-bond donors (Lipinski definition) is 0. The van der Waals surface area contributed by atoms with Gasteiger partial charge >= 0.3 is 5.51 Å². The van der Waals surface area contributed by atoms with Gasteiger partial charge in [0.1, 0.15) is 0 Å². The van der Waals surface area contributed by atoms with E-state index in [0.29, 0.717) is 4.90 Å². The molecule has 1 aromatic carbocycles. The van der Waals surface area contributed by atoms with Crippen LogP contribution in [-0.4, -0.2) is 5.51 Å². The smallest absolute Gasteiger partial charge is 0.160 e. The zero-order valence-electron chi connectivity index (χ0n) is 9.77. The SMILES string of the molecule is Cc1ccc(C(C)(C)C)c(SC(F)(F)F)c1. The maximum Gasteiger partial charge on any atom is 0.446 e. The van der Waals surface area contributed by atoms with Crippen LogP contribution in [0.4, 0.5) is 13.2 Å². The summed E-state index contributed by atoms with van der Waals surface area (Å²) in [5, 5.41) is 0. The Balaban J connectivity index is 3.19. The number of thioether (sulfide) groups is 1. The third kappa shape index (κ3) is 3.74. The van der Waals surface area contributed by atoms with Gasteiger partial charge in [0.25, 0.3) is 0 Å². The highest BCUT2D eigenvalue weighted by atomic mass is 32.2. The molecule has 1 aromatic rings. The Morgan fingerprint density at radius 3 is 2.06 bits per heavy atom. The number of aryl methyl sites for hydroxylation is 1. The molecule has 0 saturated carbocycles. The van der Waals surface area contributed by atoms with Gasteiger partial charge in [-0.3, -0.25) is 0 Å². The second kappa shape index (κ2) is 4.32. The van der Waals surface area contributed by atoms with Gasteiger partial charge in [-0.2, -0.15) is 13.2 Å². The van der Waals surface area contributed by atoms with Gasteiger partial charge in [-0.05, 0) is 41.3 Å². The first-order valence-corrected chi connectivity index (χ1v) is 5.78. The molecule has 0 bridgehead atoms. The summed E-state index contributed by atoms with van der Waals surface area (Å²) in [6.07, 6.45) is 0. The van der Waals surface area contributed by atoms with Crippen LogP contribution < -0.4 is 0 Å². The van der Waals surface area contributed by atoms with Gasteiger partial charge in [0.05, 0.1) is 0 Å². The Morgan fingerprint density at radius 2 is 1.62 bits per heavy atom. The van der Waals surface area contributed by atoms with Crippen LogP contribution in [0.1, 0.15) is 31.9 Å². The Bertz CT molecular complexity index is 375. The van der Waals surface area contributed by atoms with Crippen molar-refractivity contribution in [2.45, 2.75) is 43.5 Å². The second-order valence-corrected chi connectivity index (χ2v) is 5.90. The van der Waals surface area contributed by atoms with Crippen LogP contribution in [0.15, 0.2) is 23.1 Å². The largest absolute Gasteiger partial charge is 0.446 e. The van der Waals surface area contributed by atoms with Crippen LogP contribution in [0.5, 0.6) is 0 Å². The van der Waals surface area contributed by atoms with E-state index in [9.17, 15) is 13.2 Å². The molecule has 4 heteroatoms. The van der Waals surface area contributed by atoms with E-state index in [2.05, 4.69) is 0 Å². The number of alkyl halides is 3. The molecule has 1 rings (SSSR count). The van der Waals surface area contributed by atoms with E-state index in [-0.39, 0.29) is 17.2 Å². The van der Waals surface area contributed by atoms with Crippen LogP contribution >= 0.6 is 11.8 Å². The molecule has 0 unspecified atom stereocenters. The lowest BCUT2D eigenvalue weighted by Crippen LogP contribution is -2.14. The van der Waals surface area contributed by atoms with E-state index >= 15 is 0 Å². The molecule has 0 amide bonds. The molecule has 0 radical (unpaired) electrons. The molecule has 90 valence electrons. The normalized spacial score (nSPS) is 12.9. The quantitative estimate of drug-likeness (QED) is 0.637. The van der Waals surface area contributed by atoms with Gasteiger partial charge < -0.3 is 0 Å². The summed E-state index contributed by atoms with van der Waals surface area (Å²) in [4.78, 5) is 0.306. The predicted molar refractivity (Wildman–Crippen MR) is 61.8 cm³/mol. The molecule has 0 aromatic heterocycles. The van der Waals surface area contributed by atoms with Crippen LogP contribution in [0, 0.1) is 6.92 Å². The van der Waals surface area contributed by atoms with E-state index < -0.39 is 5.51 Å². The van der Waals surface area contributed by atoms with Crippen molar-refractivity contribution >= 4 is 11.8 Å². The lowest BCUT2D eigenvalue weighted by atomic mass is 9.86. The van der Waals surface area contributed by atoms with Gasteiger partial charge in [0.15, 0.2) is 0 Å². The Labute approximate surface area is 98.2 Å². The topological polar surface area (TPSA) is 0 Å². The molecule has 0 spiro atoms. The van der Waals surface area contributed by atoms with Crippen molar-refractivity contribution in [3.8, 4) is 0 Å². The molecule has 0 aliphatic rings. The highest BCUT2D eigenvalue weighted by Crippen LogP contribution is 2.42. The molecule has 0 saturated heterocycles. The first-order chi connectivity index (χ1) is 7.09. The van der Waals surface area contributed by atoms with Gasteiger partial charge in [-0.25, -0.2) is 0 Å². The summed E-state index contributed by atoms with van der Waals surface area (Å²) in [7, 11) is 0. The van der Waals surface area contributed by atoms with Crippen molar-refractivity contribution in [2.75, 3.05) is 0 Å². The zero-order valence-corrected chi connectivity index (χ0v) is 10.6. The molecule has 0 heterocycles. The van der Waals surface area contributed by atoms with E-state index in [1.165, 1.54) is 0 Å². The lowest BCUT2D eigenvalue weighted by Gasteiger charge is -2.23. The van der Waals surface area contributed by atoms with E-state index in [1.807, 2.05) is 26.8 Å². The fourth-order valence-electron chi connectivity index (χ4n) is 1.46. The lowest BCUT2D eigenvalue weighted by molar-refractivity contribution is -0.0328. The number of hydrogen-bond acceptors (Lipinski definition) is 1. The average molecular weight is 248 g/mol. The fourth-order valence-corrected chi connectivity index (χ4v) is 2.44. The average Bonchev–Trinajstić information content (AvgIpc) is 1.97. The zero-order chi connectivity index (χ0) is 12.6. The van der Waals surface area contributed by atoms with Crippen LogP contribution in [0.3, 0.4) is 0 Å². The summed E-state index contributed by atoms with van der Waals surface area (Å²) in [6, 6.07) is 5.23. The molecule has 0 aliphatic carbocycles. The molecule has 0 nitrogen and oxygen atoms in total. The third-order valence-corrected chi connectivity index (χ3v) is 2.96. The van der Waals surface area contributed by atoms with Gasteiger partial charge in [-0.1, -0.05) is 32.9 Å². The van der Waals surface area contributed by atoms with E-state index in [4.69, 9.17) is 0 Å². The van der Waals surface area contributed by atoms with Crippen LogP contribution in [-0.2, 0) is 5.41 Å². The molecule has 0 N–H and O–H groups in total. The van der Waals surface area contributed by atoms with Crippen molar-refractivity contribution in [3.05, 3.63) is 29.3 Å². The van der Waals surface area contributed by atoms with Crippen molar-refractivity contribution in [1.29, 1.82) is 0 Å². The van der Waals surface area contributed by atoms with Gasteiger partial charge in [-0.15, -0.1) is 0 Å². The third-order valence-electron chi connectivity index (χ3n) is 2.17. The number of halogens is 3. The minimum atomic E-state index is -4.23. The molecule has 0 atom stereocenters. The summed E-state index contributed by atoms with van der Waals surface area (Å²) < 4.78 is 37.2. The van der Waals surface area contributed by atoms with Crippen molar-refractivity contribution in [3.63, 3.8) is 0 Å². The highest BCUT2D eigenvalue weighted by Gasteiger charge is 2.32. The standard InChI is InChI=1S/C12H15F3S/c1-8-5-6-9(11(2,3)4)10(7-8)16-12(13,14)15/h5-7H,1-4H3. The number of benzene rings is 1. The molecule has 16 heavy (non-hydrogen) atoms. The van der Waals surface area contributed by atoms with Gasteiger partial charge in [0, 0.05) is 4.90 Å². The van der Waals surface area contributed by atoms with E-state index in [1.54, 1.807) is 19.1 Å². The summed E-state index contributed by atoms with van der Waals surface area (Å²) >= 11 is -0.0316. The highest BCUT2D eigenvalue weighted by molar-refractivity contribution is 8.00. The minimum absolute atomic E-state index is 0.0316. The first kappa shape index (κ1) is 13.4. The monoisotopic (exact) mass is 248 g/mol. The predicted octanol–water partition coefficient (Wildman–Crippen LogP) is 4.90. The molecular weight excluding hydrogens is 233 g/mol. The molecular formula is C12H15F3S. The Hall–Kier alpha value is -0.640. The second-order valence-electron chi connectivity index (χ2n) is 4.80. The van der Waals surface area contributed by atoms with Crippen molar-refractivity contribution < 1.29 is 13.2 Å². The summed E-state index contributed by atoms with van der Waals surface area (Å²) in [5.41, 5.74) is -2.92. The van der Waals surface area contributed by atoms with Crippen molar-refractivity contribution in [2.24, 2.45) is 0 Å². The Kier molecular flexibility index (Phi) is 3.62. The minimum Gasteiger partial charge on any atom is -0.160 e. The fraction of sp³-hybridized carbons (Fsp3) is 0.500. The van der Waals surface area contributed by atoms with E-state index in [0.717, 1.165) is 11.1 Å². The first-order valence-electron chi connectivity index (χ1n) is 4.96. The maximum atomic E-state index is 12.4. The maximum absolute atomic E-state index is 12.4. The van der Waals surface area contributed by atoms with Crippen molar-refractivity contribution in [1.82, 2.24) is 0 Å². The summed E-state index contributed by atoms with van der Waals surface area (Å²) in [5.74, 6) is 0. The molecule has 0 aliphatic heterocycles. The van der Waals surface area contributed by atoms with Crippen LogP contribution in [0.25, 0.3) is 0 Å².